The third-order valence-corrected chi connectivity index (χ3v) is 2.93. The van der Waals surface area contributed by atoms with E-state index in [1.165, 1.54) is 12.1 Å². The standard InChI is InChI=1S/C14H7ClF4O/c15-13(20)9-3-6-12(16)11(7-9)8-1-4-10(5-2-8)14(17,18)19/h1-7H. The summed E-state index contributed by atoms with van der Waals surface area (Å²) >= 11 is 5.29. The predicted octanol–water partition coefficient (Wildman–Crippen LogP) is 4.89. The van der Waals surface area contributed by atoms with Crippen LogP contribution in [0.15, 0.2) is 42.5 Å². The Labute approximate surface area is 116 Å². The van der Waals surface area contributed by atoms with Gasteiger partial charge in [-0.2, -0.15) is 13.2 Å². The number of carbonyl (C=O) groups excluding carboxylic acids is 1. The van der Waals surface area contributed by atoms with Crippen LogP contribution >= 0.6 is 11.6 Å². The highest BCUT2D eigenvalue weighted by molar-refractivity contribution is 6.67. The van der Waals surface area contributed by atoms with Gasteiger partial charge in [0.25, 0.3) is 5.24 Å². The molecule has 0 unspecified atom stereocenters. The van der Waals surface area contributed by atoms with Gasteiger partial charge in [0.1, 0.15) is 5.82 Å². The van der Waals surface area contributed by atoms with Crippen LogP contribution in [0.5, 0.6) is 0 Å². The number of halogens is 5. The zero-order valence-electron chi connectivity index (χ0n) is 9.84. The van der Waals surface area contributed by atoms with Crippen LogP contribution in [0, 0.1) is 5.82 Å². The van der Waals surface area contributed by atoms with Gasteiger partial charge in [0.2, 0.25) is 0 Å². The summed E-state index contributed by atoms with van der Waals surface area (Å²) in [5.41, 5.74) is -0.505. The number of benzene rings is 2. The Bertz CT molecular complexity index is 647. The molecule has 0 bridgehead atoms. The lowest BCUT2D eigenvalue weighted by atomic mass is 10.0. The molecule has 0 fully saturated rings. The van der Waals surface area contributed by atoms with Crippen LogP contribution in [-0.4, -0.2) is 5.24 Å². The maximum absolute atomic E-state index is 13.7. The number of alkyl halides is 3. The summed E-state index contributed by atoms with van der Waals surface area (Å²) in [5.74, 6) is -0.647. The molecule has 0 aromatic heterocycles. The third-order valence-electron chi connectivity index (χ3n) is 2.72. The largest absolute Gasteiger partial charge is 0.416 e. The first-order valence-electron chi connectivity index (χ1n) is 5.46. The summed E-state index contributed by atoms with van der Waals surface area (Å²) in [6.07, 6.45) is -4.45. The molecule has 0 radical (unpaired) electrons. The van der Waals surface area contributed by atoms with Gasteiger partial charge in [-0.1, -0.05) is 12.1 Å². The lowest BCUT2D eigenvalue weighted by Gasteiger charge is -2.09. The first-order valence-corrected chi connectivity index (χ1v) is 5.84. The minimum atomic E-state index is -4.45. The zero-order valence-corrected chi connectivity index (χ0v) is 10.6. The molecule has 0 aliphatic heterocycles. The molecule has 0 aliphatic rings. The van der Waals surface area contributed by atoms with Crippen LogP contribution in [0.4, 0.5) is 17.6 Å². The predicted molar refractivity (Wildman–Crippen MR) is 67.0 cm³/mol. The van der Waals surface area contributed by atoms with Crippen LogP contribution < -0.4 is 0 Å². The molecule has 2 rings (SSSR count). The van der Waals surface area contributed by atoms with Gasteiger partial charge in [0.15, 0.2) is 0 Å². The minimum absolute atomic E-state index is 0.0187. The molecule has 2 aromatic carbocycles. The van der Waals surface area contributed by atoms with E-state index in [2.05, 4.69) is 0 Å². The van der Waals surface area contributed by atoms with E-state index in [-0.39, 0.29) is 16.7 Å². The minimum Gasteiger partial charge on any atom is -0.276 e. The van der Waals surface area contributed by atoms with E-state index in [0.29, 0.717) is 0 Å². The molecule has 0 saturated heterocycles. The molecular weight excluding hydrogens is 296 g/mol. The lowest BCUT2D eigenvalue weighted by Crippen LogP contribution is -2.04. The second-order valence-electron chi connectivity index (χ2n) is 4.04. The molecule has 1 nitrogen and oxygen atoms in total. The van der Waals surface area contributed by atoms with Crippen molar-refractivity contribution in [1.82, 2.24) is 0 Å². The molecule has 0 atom stereocenters. The van der Waals surface area contributed by atoms with E-state index in [1.807, 2.05) is 0 Å². The van der Waals surface area contributed by atoms with Crippen LogP contribution in [0.3, 0.4) is 0 Å². The van der Waals surface area contributed by atoms with Crippen LogP contribution in [0.25, 0.3) is 11.1 Å². The second kappa shape index (κ2) is 5.25. The Morgan fingerprint density at radius 1 is 1.00 bits per heavy atom. The highest BCUT2D eigenvalue weighted by Gasteiger charge is 2.30. The first-order chi connectivity index (χ1) is 9.29. The monoisotopic (exact) mass is 302 g/mol. The summed E-state index contributed by atoms with van der Waals surface area (Å²) in [5, 5.41) is -0.766. The van der Waals surface area contributed by atoms with Crippen molar-refractivity contribution in [2.75, 3.05) is 0 Å². The summed E-state index contributed by atoms with van der Waals surface area (Å²) in [4.78, 5) is 11.0. The first kappa shape index (κ1) is 14.5. The van der Waals surface area contributed by atoms with E-state index in [4.69, 9.17) is 11.6 Å². The van der Waals surface area contributed by atoms with E-state index in [1.54, 1.807) is 0 Å². The van der Waals surface area contributed by atoms with Gasteiger partial charge in [-0.15, -0.1) is 0 Å². The van der Waals surface area contributed by atoms with Crippen molar-refractivity contribution in [2.45, 2.75) is 6.18 Å². The van der Waals surface area contributed by atoms with Gasteiger partial charge >= 0.3 is 6.18 Å². The second-order valence-corrected chi connectivity index (χ2v) is 4.39. The van der Waals surface area contributed by atoms with E-state index in [0.717, 1.165) is 30.3 Å². The highest BCUT2D eigenvalue weighted by atomic mass is 35.5. The zero-order chi connectivity index (χ0) is 14.9. The molecule has 6 heteroatoms. The Morgan fingerprint density at radius 2 is 1.60 bits per heavy atom. The molecule has 2 aromatic rings. The van der Waals surface area contributed by atoms with Crippen LogP contribution in [0.1, 0.15) is 15.9 Å². The maximum Gasteiger partial charge on any atom is 0.416 e. The lowest BCUT2D eigenvalue weighted by molar-refractivity contribution is -0.137. The number of rotatable bonds is 2. The molecular formula is C14H7ClF4O. The van der Waals surface area contributed by atoms with Crippen molar-refractivity contribution >= 4 is 16.8 Å². The molecule has 0 N–H and O–H groups in total. The van der Waals surface area contributed by atoms with Crippen LogP contribution in [0.2, 0.25) is 0 Å². The van der Waals surface area contributed by atoms with Crippen molar-refractivity contribution in [1.29, 1.82) is 0 Å². The summed E-state index contributed by atoms with van der Waals surface area (Å²) < 4.78 is 51.0. The average Bonchev–Trinajstić information content (AvgIpc) is 2.38. The smallest absolute Gasteiger partial charge is 0.276 e. The summed E-state index contributed by atoms with van der Waals surface area (Å²) in [6, 6.07) is 7.44. The summed E-state index contributed by atoms with van der Waals surface area (Å²) in [6.45, 7) is 0. The van der Waals surface area contributed by atoms with E-state index < -0.39 is 22.8 Å². The molecule has 104 valence electrons. The van der Waals surface area contributed by atoms with E-state index >= 15 is 0 Å². The van der Waals surface area contributed by atoms with Gasteiger partial charge in [0.05, 0.1) is 5.56 Å². The van der Waals surface area contributed by atoms with Gasteiger partial charge in [-0.05, 0) is 47.5 Å². The normalized spacial score (nSPS) is 11.4. The number of hydrogen-bond donors (Lipinski definition) is 0. The van der Waals surface area contributed by atoms with Crippen molar-refractivity contribution in [3.8, 4) is 11.1 Å². The topological polar surface area (TPSA) is 17.1 Å². The van der Waals surface area contributed by atoms with Crippen molar-refractivity contribution in [3.63, 3.8) is 0 Å². The Hall–Kier alpha value is -1.88. The summed E-state index contributed by atoms with van der Waals surface area (Å²) in [7, 11) is 0. The fourth-order valence-electron chi connectivity index (χ4n) is 1.71. The number of hydrogen-bond acceptors (Lipinski definition) is 1. The Morgan fingerprint density at radius 3 is 2.10 bits per heavy atom. The quantitative estimate of drug-likeness (QED) is 0.570. The molecule has 0 amide bonds. The van der Waals surface area contributed by atoms with Crippen molar-refractivity contribution < 1.29 is 22.4 Å². The van der Waals surface area contributed by atoms with Gasteiger partial charge < -0.3 is 0 Å². The molecule has 0 aliphatic carbocycles. The molecule has 0 heterocycles. The third kappa shape index (κ3) is 2.99. The molecule has 20 heavy (non-hydrogen) atoms. The SMILES string of the molecule is O=C(Cl)c1ccc(F)c(-c2ccc(C(F)(F)F)cc2)c1. The van der Waals surface area contributed by atoms with Crippen molar-refractivity contribution in [3.05, 3.63) is 59.4 Å². The fourth-order valence-corrected chi connectivity index (χ4v) is 1.83. The molecule has 0 saturated carbocycles. The fraction of sp³-hybridized carbons (Fsp3) is 0.0714. The number of carbonyl (C=O) groups is 1. The Balaban J connectivity index is 2.46. The van der Waals surface area contributed by atoms with E-state index in [9.17, 15) is 22.4 Å². The van der Waals surface area contributed by atoms with Gasteiger partial charge in [-0.3, -0.25) is 4.79 Å². The van der Waals surface area contributed by atoms with Gasteiger partial charge in [-0.25, -0.2) is 4.39 Å². The van der Waals surface area contributed by atoms with Crippen LogP contribution in [-0.2, 0) is 6.18 Å². The highest BCUT2D eigenvalue weighted by Crippen LogP contribution is 2.32. The van der Waals surface area contributed by atoms with Crippen molar-refractivity contribution in [2.24, 2.45) is 0 Å². The Kier molecular flexibility index (Phi) is 3.81. The average molecular weight is 303 g/mol. The maximum atomic E-state index is 13.7. The van der Waals surface area contributed by atoms with Gasteiger partial charge in [0, 0.05) is 11.1 Å². The molecule has 0 spiro atoms.